The molecule has 5 heteroatoms. The highest BCUT2D eigenvalue weighted by Crippen LogP contribution is 2.43. The number of nitrogens with one attached hydrogen (secondary N) is 1. The lowest BCUT2D eigenvalue weighted by atomic mass is 9.94. The predicted molar refractivity (Wildman–Crippen MR) is 72.3 cm³/mol. The van der Waals surface area contributed by atoms with Crippen molar-refractivity contribution in [2.24, 2.45) is 11.8 Å². The van der Waals surface area contributed by atoms with Gasteiger partial charge in [0.1, 0.15) is 0 Å². The van der Waals surface area contributed by atoms with Crippen LogP contribution in [0.5, 0.6) is 0 Å². The first-order valence-corrected chi connectivity index (χ1v) is 7.96. The minimum atomic E-state index is 0.308. The molecule has 1 saturated carbocycles. The monoisotopic (exact) mass is 267 g/mol. The van der Waals surface area contributed by atoms with Gasteiger partial charge in [-0.25, -0.2) is 0 Å². The molecule has 2 fully saturated rings. The molecule has 3 atom stereocenters. The summed E-state index contributed by atoms with van der Waals surface area (Å²) in [6, 6.07) is 0.308. The molecule has 2 aliphatic rings. The molecule has 0 radical (unpaired) electrons. The van der Waals surface area contributed by atoms with Gasteiger partial charge in [0, 0.05) is 0 Å². The maximum absolute atomic E-state index is 5.45. The van der Waals surface area contributed by atoms with Gasteiger partial charge in [-0.05, 0) is 36.5 Å². The van der Waals surface area contributed by atoms with Crippen molar-refractivity contribution in [2.75, 3.05) is 6.54 Å². The van der Waals surface area contributed by atoms with Crippen LogP contribution in [0.25, 0.3) is 0 Å². The third-order valence-electron chi connectivity index (χ3n) is 4.04. The van der Waals surface area contributed by atoms with E-state index in [0.29, 0.717) is 11.3 Å². The summed E-state index contributed by atoms with van der Waals surface area (Å²) < 4.78 is 5.45. The van der Waals surface area contributed by atoms with Crippen LogP contribution in [0.1, 0.15) is 50.9 Å². The molecular formula is C13H21N3OS. The van der Waals surface area contributed by atoms with Crippen LogP contribution >= 0.6 is 11.8 Å². The predicted octanol–water partition coefficient (Wildman–Crippen LogP) is 2.77. The fourth-order valence-electron chi connectivity index (χ4n) is 3.15. The van der Waals surface area contributed by atoms with Crippen molar-refractivity contribution in [2.45, 2.75) is 50.2 Å². The Balaban J connectivity index is 1.66. The van der Waals surface area contributed by atoms with Crippen LogP contribution in [-0.2, 0) is 5.75 Å². The zero-order chi connectivity index (χ0) is 12.5. The Morgan fingerprint density at radius 1 is 1.44 bits per heavy atom. The molecule has 0 spiro atoms. The van der Waals surface area contributed by atoms with E-state index in [-0.39, 0.29) is 0 Å². The highest BCUT2D eigenvalue weighted by Gasteiger charge is 2.42. The van der Waals surface area contributed by atoms with E-state index in [1.54, 1.807) is 0 Å². The van der Waals surface area contributed by atoms with Gasteiger partial charge in [-0.15, -0.1) is 0 Å². The zero-order valence-electron chi connectivity index (χ0n) is 11.1. The Morgan fingerprint density at radius 2 is 2.33 bits per heavy atom. The molecule has 1 aromatic heterocycles. The number of nitrogens with zero attached hydrogens (tertiary/aromatic N) is 2. The van der Waals surface area contributed by atoms with Crippen LogP contribution in [0.15, 0.2) is 4.52 Å². The second-order valence-electron chi connectivity index (χ2n) is 5.65. The number of rotatable bonds is 4. The summed E-state index contributed by atoms with van der Waals surface area (Å²) in [7, 11) is 0. The third kappa shape index (κ3) is 2.43. The van der Waals surface area contributed by atoms with Crippen LogP contribution < -0.4 is 5.32 Å². The highest BCUT2D eigenvalue weighted by molar-refractivity contribution is 7.99. The average molecular weight is 267 g/mol. The lowest BCUT2D eigenvalue weighted by molar-refractivity contribution is 0.301. The van der Waals surface area contributed by atoms with Gasteiger partial charge in [0.15, 0.2) is 5.82 Å². The molecule has 18 heavy (non-hydrogen) atoms. The number of hydrogen-bond acceptors (Lipinski definition) is 5. The van der Waals surface area contributed by atoms with Gasteiger partial charge in [0.25, 0.3) is 0 Å². The second kappa shape index (κ2) is 5.21. The van der Waals surface area contributed by atoms with Crippen molar-refractivity contribution < 1.29 is 4.52 Å². The summed E-state index contributed by atoms with van der Waals surface area (Å²) in [5, 5.41) is 8.26. The fourth-order valence-corrected chi connectivity index (χ4v) is 3.75. The molecule has 0 amide bonds. The first kappa shape index (κ1) is 12.5. The van der Waals surface area contributed by atoms with E-state index in [1.807, 2.05) is 11.8 Å². The molecule has 1 saturated heterocycles. The van der Waals surface area contributed by atoms with Gasteiger partial charge in [-0.1, -0.05) is 25.4 Å². The summed E-state index contributed by atoms with van der Waals surface area (Å²) in [6.07, 6.45) is 4.02. The molecule has 0 aromatic carbocycles. The van der Waals surface area contributed by atoms with Crippen molar-refractivity contribution in [3.63, 3.8) is 0 Å². The summed E-state index contributed by atoms with van der Waals surface area (Å²) in [6.45, 7) is 5.49. The Labute approximate surface area is 112 Å². The van der Waals surface area contributed by atoms with E-state index >= 15 is 0 Å². The van der Waals surface area contributed by atoms with Crippen molar-refractivity contribution in [1.29, 1.82) is 0 Å². The van der Waals surface area contributed by atoms with Crippen LogP contribution in [-0.4, -0.2) is 21.9 Å². The Hall–Kier alpha value is -0.550. The maximum Gasteiger partial charge on any atom is 0.244 e. The Morgan fingerprint density at radius 3 is 3.17 bits per heavy atom. The van der Waals surface area contributed by atoms with Gasteiger partial charge < -0.3 is 9.84 Å². The van der Waals surface area contributed by atoms with Crippen molar-refractivity contribution in [1.82, 2.24) is 15.5 Å². The van der Waals surface area contributed by atoms with E-state index in [0.717, 1.165) is 35.8 Å². The van der Waals surface area contributed by atoms with Gasteiger partial charge in [0.2, 0.25) is 5.89 Å². The van der Waals surface area contributed by atoms with Crippen LogP contribution in [0.4, 0.5) is 0 Å². The molecule has 4 nitrogen and oxygen atoms in total. The number of aromatic nitrogens is 2. The summed E-state index contributed by atoms with van der Waals surface area (Å²) in [4.78, 5) is 4.56. The van der Waals surface area contributed by atoms with E-state index in [9.17, 15) is 0 Å². The molecule has 3 rings (SSSR count). The molecule has 3 unspecified atom stereocenters. The SMILES string of the molecule is CC(C)SCc1noc(C2NCC3CCCC32)n1. The van der Waals surface area contributed by atoms with Crippen LogP contribution in [0, 0.1) is 11.8 Å². The summed E-state index contributed by atoms with van der Waals surface area (Å²) in [5.74, 6) is 4.05. The summed E-state index contributed by atoms with van der Waals surface area (Å²) >= 11 is 1.85. The van der Waals surface area contributed by atoms with Crippen molar-refractivity contribution in [3.05, 3.63) is 11.7 Å². The van der Waals surface area contributed by atoms with Gasteiger partial charge in [0.05, 0.1) is 11.8 Å². The lowest BCUT2D eigenvalue weighted by Gasteiger charge is -2.13. The lowest BCUT2D eigenvalue weighted by Crippen LogP contribution is -2.18. The van der Waals surface area contributed by atoms with Crippen molar-refractivity contribution in [3.8, 4) is 0 Å². The number of thioether (sulfide) groups is 1. The van der Waals surface area contributed by atoms with E-state index in [1.165, 1.54) is 19.3 Å². The molecule has 0 bridgehead atoms. The van der Waals surface area contributed by atoms with E-state index < -0.39 is 0 Å². The number of hydrogen-bond donors (Lipinski definition) is 1. The topological polar surface area (TPSA) is 51.0 Å². The maximum atomic E-state index is 5.45. The van der Waals surface area contributed by atoms with Gasteiger partial charge in [-0.3, -0.25) is 0 Å². The number of fused-ring (bicyclic) bond motifs is 1. The van der Waals surface area contributed by atoms with E-state index in [4.69, 9.17) is 4.52 Å². The molecule has 1 aromatic rings. The average Bonchev–Trinajstić information content (AvgIpc) is 3.01. The molecule has 1 N–H and O–H groups in total. The van der Waals surface area contributed by atoms with Gasteiger partial charge in [-0.2, -0.15) is 16.7 Å². The zero-order valence-corrected chi connectivity index (χ0v) is 11.9. The highest BCUT2D eigenvalue weighted by atomic mass is 32.2. The first-order chi connectivity index (χ1) is 8.74. The molecule has 1 aliphatic carbocycles. The van der Waals surface area contributed by atoms with Crippen LogP contribution in [0.2, 0.25) is 0 Å². The van der Waals surface area contributed by atoms with Gasteiger partial charge >= 0.3 is 0 Å². The van der Waals surface area contributed by atoms with E-state index in [2.05, 4.69) is 29.3 Å². The standard InChI is InChI=1S/C13H21N3OS/c1-8(2)18-7-11-15-13(17-16-11)12-10-5-3-4-9(10)6-14-12/h8-10,12,14H,3-7H2,1-2H3. The molecule has 2 heterocycles. The van der Waals surface area contributed by atoms with Crippen molar-refractivity contribution >= 4 is 11.8 Å². The first-order valence-electron chi connectivity index (χ1n) is 6.91. The summed E-state index contributed by atoms with van der Waals surface area (Å²) in [5.41, 5.74) is 0. The largest absolute Gasteiger partial charge is 0.338 e. The Bertz CT molecular complexity index is 407. The molecular weight excluding hydrogens is 246 g/mol. The minimum Gasteiger partial charge on any atom is -0.338 e. The van der Waals surface area contributed by atoms with Crippen LogP contribution in [0.3, 0.4) is 0 Å². The molecule has 100 valence electrons. The fraction of sp³-hybridized carbons (Fsp3) is 0.846. The molecule has 1 aliphatic heterocycles. The Kier molecular flexibility index (Phi) is 3.61. The minimum absolute atomic E-state index is 0.308. The smallest absolute Gasteiger partial charge is 0.244 e. The second-order valence-corrected chi connectivity index (χ2v) is 7.21. The quantitative estimate of drug-likeness (QED) is 0.909. The normalized spacial score (nSPS) is 31.2. The third-order valence-corrected chi connectivity index (χ3v) is 5.13.